The molecule has 0 amide bonds. The summed E-state index contributed by atoms with van der Waals surface area (Å²) in [6.45, 7) is 7.96. The van der Waals surface area contributed by atoms with E-state index in [2.05, 4.69) is 76.9 Å². The Morgan fingerprint density at radius 3 is 2.63 bits per heavy atom. The van der Waals surface area contributed by atoms with Crippen molar-refractivity contribution in [2.75, 3.05) is 18.6 Å². The molecule has 2 atom stereocenters. The van der Waals surface area contributed by atoms with Crippen LogP contribution >= 0.6 is 12.2 Å². The van der Waals surface area contributed by atoms with Crippen molar-refractivity contribution in [3.63, 3.8) is 0 Å². The fourth-order valence-corrected chi connectivity index (χ4v) is 4.73. The molecule has 3 heterocycles. The molecule has 0 saturated carbocycles. The normalized spacial score (nSPS) is 18.7. The number of aryl methyl sites for hydroxylation is 2. The summed E-state index contributed by atoms with van der Waals surface area (Å²) in [7, 11) is 1.74. The van der Waals surface area contributed by atoms with E-state index >= 15 is 0 Å². The van der Waals surface area contributed by atoms with Crippen molar-refractivity contribution in [2.24, 2.45) is 0 Å². The summed E-state index contributed by atoms with van der Waals surface area (Å²) in [4.78, 5) is 6.89. The number of anilines is 1. The molecule has 2 aromatic heterocycles. The van der Waals surface area contributed by atoms with Gasteiger partial charge in [-0.1, -0.05) is 18.2 Å². The summed E-state index contributed by atoms with van der Waals surface area (Å²) in [6.07, 6.45) is 1.84. The van der Waals surface area contributed by atoms with Crippen LogP contribution in [0.5, 0.6) is 0 Å². The third-order valence-electron chi connectivity index (χ3n) is 5.83. The van der Waals surface area contributed by atoms with Crippen molar-refractivity contribution in [3.05, 3.63) is 82.9 Å². The van der Waals surface area contributed by atoms with Gasteiger partial charge in [-0.2, -0.15) is 0 Å². The number of benzene rings is 1. The Balaban J connectivity index is 1.85. The van der Waals surface area contributed by atoms with Gasteiger partial charge in [-0.15, -0.1) is 0 Å². The first kappa shape index (κ1) is 20.6. The van der Waals surface area contributed by atoms with Crippen LogP contribution in [0, 0.1) is 20.8 Å². The summed E-state index contributed by atoms with van der Waals surface area (Å²) >= 11 is 5.83. The highest BCUT2D eigenvalue weighted by Gasteiger charge is 2.42. The van der Waals surface area contributed by atoms with E-state index in [1.165, 1.54) is 22.5 Å². The highest BCUT2D eigenvalue weighted by molar-refractivity contribution is 7.80. The molecule has 1 saturated heterocycles. The molecule has 0 bridgehead atoms. The highest BCUT2D eigenvalue weighted by Crippen LogP contribution is 2.43. The summed E-state index contributed by atoms with van der Waals surface area (Å²) in [5, 5.41) is 4.27. The van der Waals surface area contributed by atoms with Crippen LogP contribution in [0.15, 0.2) is 54.7 Å². The molecule has 0 spiro atoms. The van der Waals surface area contributed by atoms with Crippen molar-refractivity contribution in [3.8, 4) is 0 Å². The number of ether oxygens (including phenoxy) is 1. The Bertz CT molecular complexity index is 1050. The summed E-state index contributed by atoms with van der Waals surface area (Å²) < 4.78 is 7.65. The van der Waals surface area contributed by atoms with Gasteiger partial charge in [0.2, 0.25) is 0 Å². The first-order chi connectivity index (χ1) is 14.5. The first-order valence-electron chi connectivity index (χ1n) is 10.2. The minimum absolute atomic E-state index is 0.0108. The van der Waals surface area contributed by atoms with Gasteiger partial charge in [-0.3, -0.25) is 4.98 Å². The lowest BCUT2D eigenvalue weighted by atomic mass is 9.96. The minimum Gasteiger partial charge on any atom is -0.383 e. The van der Waals surface area contributed by atoms with Gasteiger partial charge in [0, 0.05) is 36.9 Å². The largest absolute Gasteiger partial charge is 0.383 e. The maximum atomic E-state index is 5.83. The molecule has 30 heavy (non-hydrogen) atoms. The fraction of sp³-hybridized carbons (Fsp3) is 0.333. The van der Waals surface area contributed by atoms with Gasteiger partial charge in [0.1, 0.15) is 0 Å². The van der Waals surface area contributed by atoms with E-state index < -0.39 is 0 Å². The predicted molar refractivity (Wildman–Crippen MR) is 125 cm³/mol. The molecule has 1 aliphatic heterocycles. The van der Waals surface area contributed by atoms with E-state index in [-0.39, 0.29) is 12.1 Å². The standard InChI is InChI=1S/C24H28N4OS/c1-16-8-7-9-19(14-16)28-23(20-15-17(2)27(18(20)3)12-13-29-4)22(26-24(28)30)21-10-5-6-11-25-21/h5-11,14-15,22-23H,12-13H2,1-4H3,(H,26,30). The lowest BCUT2D eigenvalue weighted by molar-refractivity contribution is 0.186. The van der Waals surface area contributed by atoms with E-state index in [4.69, 9.17) is 17.0 Å². The number of nitrogens with zero attached hydrogens (tertiary/aromatic N) is 3. The Kier molecular flexibility index (Phi) is 5.88. The van der Waals surface area contributed by atoms with Crippen molar-refractivity contribution >= 4 is 23.0 Å². The molecule has 0 aliphatic carbocycles. The number of pyridine rings is 1. The second kappa shape index (κ2) is 8.58. The van der Waals surface area contributed by atoms with Crippen molar-refractivity contribution in [1.29, 1.82) is 0 Å². The van der Waals surface area contributed by atoms with Crippen LogP contribution in [0.3, 0.4) is 0 Å². The van der Waals surface area contributed by atoms with Gasteiger partial charge in [-0.25, -0.2) is 0 Å². The topological polar surface area (TPSA) is 42.3 Å². The Hall–Kier alpha value is -2.70. The fourth-order valence-electron chi connectivity index (χ4n) is 4.38. The number of aromatic nitrogens is 2. The Morgan fingerprint density at radius 1 is 1.10 bits per heavy atom. The Morgan fingerprint density at radius 2 is 1.93 bits per heavy atom. The summed E-state index contributed by atoms with van der Waals surface area (Å²) in [5.41, 5.74) is 7.01. The molecule has 1 aromatic carbocycles. The number of nitrogens with one attached hydrogen (secondary N) is 1. The van der Waals surface area contributed by atoms with Crippen molar-refractivity contribution in [1.82, 2.24) is 14.9 Å². The van der Waals surface area contributed by atoms with Crippen LogP contribution in [-0.4, -0.2) is 28.4 Å². The lowest BCUT2D eigenvalue weighted by Gasteiger charge is -2.28. The molecule has 6 heteroatoms. The number of hydrogen-bond acceptors (Lipinski definition) is 3. The van der Waals surface area contributed by atoms with Crippen LogP contribution in [0.4, 0.5) is 5.69 Å². The second-order valence-electron chi connectivity index (χ2n) is 7.81. The molecule has 1 aliphatic rings. The number of methoxy groups -OCH3 is 1. The van der Waals surface area contributed by atoms with E-state index in [1.807, 2.05) is 18.3 Å². The molecule has 3 aromatic rings. The number of hydrogen-bond donors (Lipinski definition) is 1. The molecule has 1 fully saturated rings. The lowest BCUT2D eigenvalue weighted by Crippen LogP contribution is -2.29. The molecule has 5 nitrogen and oxygen atoms in total. The van der Waals surface area contributed by atoms with Crippen molar-refractivity contribution in [2.45, 2.75) is 39.4 Å². The zero-order valence-corrected chi connectivity index (χ0v) is 18.7. The average Bonchev–Trinajstić information content (AvgIpc) is 3.23. The number of thiocarbonyl (C=S) groups is 1. The summed E-state index contributed by atoms with van der Waals surface area (Å²) in [5.74, 6) is 0. The van der Waals surface area contributed by atoms with E-state index in [0.29, 0.717) is 6.61 Å². The quantitative estimate of drug-likeness (QED) is 0.589. The van der Waals surface area contributed by atoms with Gasteiger partial charge in [0.15, 0.2) is 5.11 Å². The molecule has 2 unspecified atom stereocenters. The van der Waals surface area contributed by atoms with Crippen LogP contribution in [0.25, 0.3) is 0 Å². The molecular formula is C24H28N4OS. The average molecular weight is 421 g/mol. The predicted octanol–water partition coefficient (Wildman–Crippen LogP) is 4.63. The van der Waals surface area contributed by atoms with E-state index in [0.717, 1.165) is 23.0 Å². The maximum absolute atomic E-state index is 5.83. The minimum atomic E-state index is -0.0319. The third kappa shape index (κ3) is 3.73. The van der Waals surface area contributed by atoms with Gasteiger partial charge in [0.05, 0.1) is 24.4 Å². The molecule has 0 radical (unpaired) electrons. The van der Waals surface area contributed by atoms with Gasteiger partial charge < -0.3 is 19.5 Å². The third-order valence-corrected chi connectivity index (χ3v) is 6.14. The zero-order chi connectivity index (χ0) is 21.3. The van der Waals surface area contributed by atoms with Gasteiger partial charge in [-0.05, 0) is 74.4 Å². The van der Waals surface area contributed by atoms with Crippen LogP contribution in [0.1, 0.15) is 40.3 Å². The molecule has 156 valence electrons. The SMILES string of the molecule is COCCn1c(C)cc(C2C(c3ccccn3)NC(=S)N2c2cccc(C)c2)c1C. The molecule has 4 rings (SSSR count). The highest BCUT2D eigenvalue weighted by atomic mass is 32.1. The molecular weight excluding hydrogens is 392 g/mol. The first-order valence-corrected chi connectivity index (χ1v) is 10.6. The smallest absolute Gasteiger partial charge is 0.174 e. The monoisotopic (exact) mass is 420 g/mol. The van der Waals surface area contributed by atoms with Gasteiger partial charge in [0.25, 0.3) is 0 Å². The second-order valence-corrected chi connectivity index (χ2v) is 8.19. The zero-order valence-electron chi connectivity index (χ0n) is 17.9. The van der Waals surface area contributed by atoms with Crippen LogP contribution < -0.4 is 10.2 Å². The Labute approximate surface area is 183 Å². The van der Waals surface area contributed by atoms with Gasteiger partial charge >= 0.3 is 0 Å². The van der Waals surface area contributed by atoms with Crippen LogP contribution in [-0.2, 0) is 11.3 Å². The summed E-state index contributed by atoms with van der Waals surface area (Å²) in [6, 6.07) is 16.8. The molecule has 1 N–H and O–H groups in total. The number of rotatable bonds is 6. The van der Waals surface area contributed by atoms with Crippen LogP contribution in [0.2, 0.25) is 0 Å². The van der Waals surface area contributed by atoms with Crippen molar-refractivity contribution < 1.29 is 4.74 Å². The van der Waals surface area contributed by atoms with E-state index in [9.17, 15) is 0 Å². The maximum Gasteiger partial charge on any atom is 0.174 e. The van der Waals surface area contributed by atoms with E-state index in [1.54, 1.807) is 7.11 Å².